The Morgan fingerprint density at radius 2 is 1.68 bits per heavy atom. The Morgan fingerprint density at radius 3 is 2.29 bits per heavy atom. The number of hydrogen-bond acceptors (Lipinski definition) is 4. The molecule has 1 heterocycles. The van der Waals surface area contributed by atoms with E-state index in [1.807, 2.05) is 53.4 Å². The first-order chi connectivity index (χ1) is 14.9. The number of carbonyl (C=O) groups is 2. The van der Waals surface area contributed by atoms with Crippen molar-refractivity contribution in [2.45, 2.75) is 39.5 Å². The predicted octanol–water partition coefficient (Wildman–Crippen LogP) is 4.41. The highest BCUT2D eigenvalue weighted by atomic mass is 16.4. The van der Waals surface area contributed by atoms with Gasteiger partial charge >= 0.3 is 5.97 Å². The maximum atomic E-state index is 13.1. The third-order valence-electron chi connectivity index (χ3n) is 5.19. The van der Waals surface area contributed by atoms with E-state index in [1.54, 1.807) is 0 Å². The first kappa shape index (κ1) is 22.3. The number of carboxylic acids is 1. The first-order valence-corrected chi connectivity index (χ1v) is 10.7. The van der Waals surface area contributed by atoms with Crippen molar-refractivity contribution in [2.24, 2.45) is 10.7 Å². The van der Waals surface area contributed by atoms with Crippen LogP contribution in [0.2, 0.25) is 0 Å². The van der Waals surface area contributed by atoms with Gasteiger partial charge in [-0.15, -0.1) is 0 Å². The molecule has 3 N–H and O–H groups in total. The summed E-state index contributed by atoms with van der Waals surface area (Å²) >= 11 is 0. The highest BCUT2D eigenvalue weighted by Crippen LogP contribution is 2.32. The molecule has 0 radical (unpaired) electrons. The monoisotopic (exact) mass is 419 g/mol. The van der Waals surface area contributed by atoms with Crippen molar-refractivity contribution in [3.05, 3.63) is 59.2 Å². The maximum Gasteiger partial charge on any atom is 0.307 e. The van der Waals surface area contributed by atoms with Crippen LogP contribution in [0, 0.1) is 0 Å². The molecular weight excluding hydrogens is 390 g/mol. The second kappa shape index (κ2) is 10.1. The van der Waals surface area contributed by atoms with Crippen LogP contribution < -0.4 is 5.73 Å². The molecule has 0 saturated heterocycles. The first-order valence-electron chi connectivity index (χ1n) is 10.7. The summed E-state index contributed by atoms with van der Waals surface area (Å²) in [6, 6.07) is 13.3. The van der Waals surface area contributed by atoms with Gasteiger partial charge in [0.15, 0.2) is 0 Å². The number of carbonyl (C=O) groups excluding carboxylic acids is 1. The average Bonchev–Trinajstić information content (AvgIpc) is 2.90. The number of benzene rings is 2. The summed E-state index contributed by atoms with van der Waals surface area (Å²) in [5, 5.41) is 8.93. The van der Waals surface area contributed by atoms with Crippen LogP contribution in [0.15, 0.2) is 53.0 Å². The maximum absolute atomic E-state index is 13.1. The van der Waals surface area contributed by atoms with Crippen LogP contribution in [-0.2, 0) is 16.0 Å². The smallest absolute Gasteiger partial charge is 0.307 e. The van der Waals surface area contributed by atoms with Crippen LogP contribution in [-0.4, -0.2) is 40.8 Å². The Hall–Kier alpha value is -3.41. The molecule has 2 aromatic carbocycles. The van der Waals surface area contributed by atoms with E-state index >= 15 is 0 Å². The van der Waals surface area contributed by atoms with Crippen LogP contribution in [0.5, 0.6) is 0 Å². The van der Waals surface area contributed by atoms with E-state index < -0.39 is 5.97 Å². The zero-order valence-corrected chi connectivity index (χ0v) is 18.1. The lowest BCUT2D eigenvalue weighted by atomic mass is 9.99. The van der Waals surface area contributed by atoms with Crippen LogP contribution in [0.25, 0.3) is 17.2 Å². The molecule has 1 aliphatic rings. The number of nitrogens with two attached hydrogens (primary N) is 1. The molecular formula is C25H29N3O3. The summed E-state index contributed by atoms with van der Waals surface area (Å²) in [5.74, 6) is -0.413. The fraction of sp³-hybridized carbons (Fsp3) is 0.320. The van der Waals surface area contributed by atoms with Gasteiger partial charge in [0.05, 0.1) is 12.1 Å². The standard InChI is InChI=1S/C25H29N3O3/c1-3-11-28(12-4-2)25(31)21-14-20-10-9-19(15-22(20)27-23(26)16-21)18-7-5-17(6-8-18)13-24(29)30/h5-10,14-15H,3-4,11-13,16H2,1-2H3,(H2,26,27)(H,29,30). The van der Waals surface area contributed by atoms with Gasteiger partial charge in [-0.25, -0.2) is 4.99 Å². The quantitative estimate of drug-likeness (QED) is 0.663. The van der Waals surface area contributed by atoms with Crippen molar-refractivity contribution >= 4 is 29.5 Å². The van der Waals surface area contributed by atoms with Crippen molar-refractivity contribution in [3.8, 4) is 11.1 Å². The second-order valence-electron chi connectivity index (χ2n) is 7.78. The molecule has 6 nitrogen and oxygen atoms in total. The van der Waals surface area contributed by atoms with Crippen molar-refractivity contribution in [3.63, 3.8) is 0 Å². The number of nitrogens with zero attached hydrogens (tertiary/aromatic N) is 2. The lowest BCUT2D eigenvalue weighted by Gasteiger charge is -2.22. The summed E-state index contributed by atoms with van der Waals surface area (Å²) in [7, 11) is 0. The average molecular weight is 420 g/mol. The van der Waals surface area contributed by atoms with Crippen LogP contribution in [0.1, 0.15) is 44.2 Å². The zero-order chi connectivity index (χ0) is 22.4. The van der Waals surface area contributed by atoms with Crippen LogP contribution in [0.4, 0.5) is 5.69 Å². The van der Waals surface area contributed by atoms with Gasteiger partial charge in [0.2, 0.25) is 5.91 Å². The highest BCUT2D eigenvalue weighted by molar-refractivity contribution is 6.05. The summed E-state index contributed by atoms with van der Waals surface area (Å²) in [4.78, 5) is 30.4. The Labute approximate surface area is 183 Å². The molecule has 0 unspecified atom stereocenters. The topological polar surface area (TPSA) is 96.0 Å². The van der Waals surface area contributed by atoms with Crippen molar-refractivity contribution in [2.75, 3.05) is 13.1 Å². The van der Waals surface area contributed by atoms with Gasteiger partial charge in [0, 0.05) is 30.6 Å². The Bertz CT molecular complexity index is 1020. The second-order valence-corrected chi connectivity index (χ2v) is 7.78. The van der Waals surface area contributed by atoms with E-state index in [0.717, 1.165) is 53.9 Å². The number of hydrogen-bond donors (Lipinski definition) is 2. The predicted molar refractivity (Wildman–Crippen MR) is 124 cm³/mol. The number of fused-ring (bicyclic) bond motifs is 1. The number of aliphatic imine (C=N–C) groups is 1. The molecule has 31 heavy (non-hydrogen) atoms. The molecule has 2 aromatic rings. The van der Waals surface area contributed by atoms with Crippen molar-refractivity contribution in [1.82, 2.24) is 4.90 Å². The fourth-order valence-corrected chi connectivity index (χ4v) is 3.76. The van der Waals surface area contributed by atoms with Crippen molar-refractivity contribution in [1.29, 1.82) is 0 Å². The Morgan fingerprint density at radius 1 is 1.03 bits per heavy atom. The van der Waals surface area contributed by atoms with Gasteiger partial charge in [0.1, 0.15) is 5.84 Å². The zero-order valence-electron chi connectivity index (χ0n) is 18.1. The van der Waals surface area contributed by atoms with Gasteiger partial charge in [-0.3, -0.25) is 9.59 Å². The normalized spacial score (nSPS) is 13.0. The van der Waals surface area contributed by atoms with Gasteiger partial charge in [0.25, 0.3) is 0 Å². The SMILES string of the molecule is CCCN(CCC)C(=O)C1=Cc2ccc(-c3ccc(CC(=O)O)cc3)cc2N=C(N)C1. The number of rotatable bonds is 8. The largest absolute Gasteiger partial charge is 0.481 e. The van der Waals surface area contributed by atoms with Gasteiger partial charge in [-0.1, -0.05) is 50.2 Å². The third kappa shape index (κ3) is 5.60. The van der Waals surface area contributed by atoms with Gasteiger partial charge in [-0.2, -0.15) is 0 Å². The molecule has 6 heteroatoms. The van der Waals surface area contributed by atoms with E-state index in [9.17, 15) is 9.59 Å². The summed E-state index contributed by atoms with van der Waals surface area (Å²) in [6.45, 7) is 5.59. The number of carboxylic acid groups (broad SMARTS) is 1. The number of amides is 1. The van der Waals surface area contributed by atoms with Crippen LogP contribution >= 0.6 is 0 Å². The number of aliphatic carboxylic acids is 1. The summed E-state index contributed by atoms with van der Waals surface area (Å²) < 4.78 is 0. The Balaban J connectivity index is 1.91. The van der Waals surface area contributed by atoms with Crippen molar-refractivity contribution < 1.29 is 14.7 Å². The van der Waals surface area contributed by atoms with E-state index in [4.69, 9.17) is 10.8 Å². The number of amidine groups is 1. The minimum absolute atomic E-state index is 0.0000247. The summed E-state index contributed by atoms with van der Waals surface area (Å²) in [5.41, 5.74) is 11.1. The molecule has 3 rings (SSSR count). The fourth-order valence-electron chi connectivity index (χ4n) is 3.76. The molecule has 1 aliphatic heterocycles. The molecule has 1 amide bonds. The van der Waals surface area contributed by atoms with E-state index in [-0.39, 0.29) is 12.3 Å². The molecule has 0 atom stereocenters. The molecule has 0 fully saturated rings. The summed E-state index contributed by atoms with van der Waals surface area (Å²) in [6.07, 6.45) is 4.05. The lowest BCUT2D eigenvalue weighted by molar-refractivity contribution is -0.136. The minimum atomic E-state index is -0.851. The van der Waals surface area contributed by atoms with E-state index in [1.165, 1.54) is 0 Å². The minimum Gasteiger partial charge on any atom is -0.481 e. The molecule has 0 bridgehead atoms. The van der Waals surface area contributed by atoms with E-state index in [0.29, 0.717) is 17.8 Å². The molecule has 162 valence electrons. The molecule has 0 aliphatic carbocycles. The van der Waals surface area contributed by atoms with Crippen LogP contribution in [0.3, 0.4) is 0 Å². The van der Waals surface area contributed by atoms with Gasteiger partial charge < -0.3 is 15.7 Å². The third-order valence-corrected chi connectivity index (χ3v) is 5.19. The Kier molecular flexibility index (Phi) is 7.23. The van der Waals surface area contributed by atoms with Gasteiger partial charge in [-0.05, 0) is 41.7 Å². The molecule has 0 aromatic heterocycles. The molecule has 0 saturated carbocycles. The lowest BCUT2D eigenvalue weighted by Crippen LogP contribution is -2.34. The molecule has 0 spiro atoms. The highest BCUT2D eigenvalue weighted by Gasteiger charge is 2.21. The van der Waals surface area contributed by atoms with E-state index in [2.05, 4.69) is 18.8 Å².